The molecule has 0 atom stereocenters. The van der Waals surface area contributed by atoms with Crippen LogP contribution in [0.15, 0.2) is 0 Å². The van der Waals surface area contributed by atoms with E-state index in [1.165, 1.54) is 0 Å². The average Bonchev–Trinajstić information content (AvgIpc) is 2.09. The van der Waals surface area contributed by atoms with Crippen molar-refractivity contribution in [1.82, 2.24) is 0 Å². The third-order valence-electron chi connectivity index (χ3n) is 1.49. The van der Waals surface area contributed by atoms with Gasteiger partial charge >= 0.3 is 82.0 Å². The first-order chi connectivity index (χ1) is 5.81. The molecule has 0 spiro atoms. The van der Waals surface area contributed by atoms with E-state index in [9.17, 15) is 3.08 Å². The van der Waals surface area contributed by atoms with Crippen molar-refractivity contribution in [3.8, 4) is 0 Å². The Balaban J connectivity index is 3.08. The molecule has 3 nitrogen and oxygen atoms in total. The Morgan fingerprint density at radius 2 is 2.00 bits per heavy atom. The van der Waals surface area contributed by atoms with Gasteiger partial charge in [0.2, 0.25) is 0 Å². The molecular weight excluding hydrogens is 263 g/mol. The predicted octanol–water partition coefficient (Wildman–Crippen LogP) is 1.76. The molecule has 0 aromatic heterocycles. The van der Waals surface area contributed by atoms with Gasteiger partial charge in [-0.2, -0.15) is 0 Å². The summed E-state index contributed by atoms with van der Waals surface area (Å²) in [6, 6.07) is 0. The van der Waals surface area contributed by atoms with Crippen LogP contribution in [0.3, 0.4) is 0 Å². The van der Waals surface area contributed by atoms with Crippen LogP contribution in [0.5, 0.6) is 0 Å². The van der Waals surface area contributed by atoms with Gasteiger partial charge in [-0.25, -0.2) is 0 Å². The Kier molecular flexibility index (Phi) is 10.0. The van der Waals surface area contributed by atoms with E-state index >= 15 is 0 Å². The molecule has 0 N–H and O–H groups in total. The molecule has 0 saturated carbocycles. The minimum atomic E-state index is -2.58. The fraction of sp³-hybridized carbons (Fsp3) is 1.00. The minimum absolute atomic E-state index is 0.607. The molecule has 0 bridgehead atoms. The van der Waals surface area contributed by atoms with Crippen LogP contribution in [0.4, 0.5) is 0 Å². The van der Waals surface area contributed by atoms with Gasteiger partial charge in [-0.15, -0.1) is 0 Å². The fourth-order valence-electron chi connectivity index (χ4n) is 0.783. The summed E-state index contributed by atoms with van der Waals surface area (Å²) >= 11 is -2.58. The molecule has 0 aromatic rings. The average molecular weight is 281 g/mol. The molecule has 0 radical (unpaired) electrons. The van der Waals surface area contributed by atoms with Crippen molar-refractivity contribution in [1.29, 1.82) is 0 Å². The Hall–Kier alpha value is 0.519. The van der Waals surface area contributed by atoms with Crippen LogP contribution >= 0.6 is 0 Å². The zero-order chi connectivity index (χ0) is 9.23. The molecule has 0 amide bonds. The van der Waals surface area contributed by atoms with Gasteiger partial charge in [0, 0.05) is 0 Å². The van der Waals surface area contributed by atoms with E-state index in [2.05, 4.69) is 6.92 Å². The maximum atomic E-state index is 11.2. The van der Waals surface area contributed by atoms with E-state index in [0.717, 1.165) is 23.7 Å². The Morgan fingerprint density at radius 3 is 2.58 bits per heavy atom. The summed E-state index contributed by atoms with van der Waals surface area (Å²) in [5.74, 6) is 0. The standard InChI is InChI=1S/C4H9O2.C4H9.O.Sn/c1-6-4-2-3-5;1-3-4-2;;/h2-4H2,1H3;1,3-4H2,2H3;;/q-1;;;+1. The monoisotopic (exact) mass is 282 g/mol. The van der Waals surface area contributed by atoms with Crippen molar-refractivity contribution in [2.45, 2.75) is 30.6 Å². The third-order valence-corrected chi connectivity index (χ3v) is 5.17. The van der Waals surface area contributed by atoms with Crippen LogP contribution in [-0.4, -0.2) is 40.5 Å². The third kappa shape index (κ3) is 8.61. The molecule has 0 unspecified atom stereocenters. The zero-order valence-electron chi connectivity index (χ0n) is 7.97. The van der Waals surface area contributed by atoms with Crippen molar-refractivity contribution in [2.24, 2.45) is 0 Å². The van der Waals surface area contributed by atoms with Gasteiger partial charge in [0.1, 0.15) is 0 Å². The molecule has 0 heterocycles. The molecule has 0 aliphatic rings. The molecule has 12 heavy (non-hydrogen) atoms. The summed E-state index contributed by atoms with van der Waals surface area (Å²) in [7, 11) is 1.66. The molecule has 0 aromatic carbocycles. The summed E-state index contributed by atoms with van der Waals surface area (Å²) in [6.45, 7) is 3.40. The van der Waals surface area contributed by atoms with Crippen molar-refractivity contribution in [3.63, 3.8) is 0 Å². The fourth-order valence-corrected chi connectivity index (χ4v) is 4.09. The summed E-state index contributed by atoms with van der Waals surface area (Å²) in [6.07, 6.45) is 3.01. The Morgan fingerprint density at radius 1 is 1.25 bits per heavy atom. The van der Waals surface area contributed by atoms with Crippen LogP contribution in [-0.2, 0) is 10.9 Å². The summed E-state index contributed by atoms with van der Waals surface area (Å²) < 4.78 is 22.1. The number of hydrogen-bond donors (Lipinski definition) is 0. The molecule has 0 rings (SSSR count). The first-order valence-corrected chi connectivity index (χ1v) is 8.80. The quantitative estimate of drug-likeness (QED) is 0.502. The molecule has 0 aliphatic heterocycles. The number of rotatable bonds is 8. The van der Waals surface area contributed by atoms with Crippen molar-refractivity contribution >= 4 is 20.2 Å². The van der Waals surface area contributed by atoms with Crippen LogP contribution in [0.2, 0.25) is 4.44 Å². The SMILES string of the molecule is CCC[CH2][Sn](=[O])[O]CCCOC. The van der Waals surface area contributed by atoms with Crippen molar-refractivity contribution in [2.75, 3.05) is 20.3 Å². The van der Waals surface area contributed by atoms with Gasteiger partial charge < -0.3 is 0 Å². The van der Waals surface area contributed by atoms with Crippen molar-refractivity contribution < 1.29 is 10.9 Å². The first-order valence-electron chi connectivity index (χ1n) is 4.45. The number of hydrogen-bond acceptors (Lipinski definition) is 3. The predicted molar refractivity (Wildman–Crippen MR) is 48.6 cm³/mol. The summed E-state index contributed by atoms with van der Waals surface area (Å²) in [5.41, 5.74) is 0. The van der Waals surface area contributed by atoms with Crippen LogP contribution < -0.4 is 0 Å². The second-order valence-electron chi connectivity index (χ2n) is 2.67. The van der Waals surface area contributed by atoms with E-state index in [4.69, 9.17) is 7.81 Å². The first kappa shape index (κ1) is 12.5. The van der Waals surface area contributed by atoms with Gasteiger partial charge in [0.15, 0.2) is 0 Å². The normalized spacial score (nSPS) is 10.2. The zero-order valence-corrected chi connectivity index (χ0v) is 10.8. The second kappa shape index (κ2) is 9.61. The van der Waals surface area contributed by atoms with Crippen LogP contribution in [0.25, 0.3) is 0 Å². The topological polar surface area (TPSA) is 35.5 Å². The Bertz CT molecular complexity index is 117. The van der Waals surface area contributed by atoms with Gasteiger partial charge in [-0.05, 0) is 0 Å². The molecule has 0 saturated heterocycles. The van der Waals surface area contributed by atoms with E-state index in [-0.39, 0.29) is 0 Å². The van der Waals surface area contributed by atoms with E-state index in [0.29, 0.717) is 13.2 Å². The summed E-state index contributed by atoms with van der Waals surface area (Å²) in [5, 5.41) is 0. The van der Waals surface area contributed by atoms with E-state index in [1.54, 1.807) is 7.11 Å². The van der Waals surface area contributed by atoms with Crippen LogP contribution in [0.1, 0.15) is 26.2 Å². The van der Waals surface area contributed by atoms with Gasteiger partial charge in [-0.1, -0.05) is 0 Å². The molecule has 4 heteroatoms. The van der Waals surface area contributed by atoms with Gasteiger partial charge in [0.25, 0.3) is 0 Å². The number of unbranched alkanes of at least 4 members (excludes halogenated alkanes) is 1. The van der Waals surface area contributed by atoms with Gasteiger partial charge in [0.05, 0.1) is 0 Å². The molecular formula is C8H18O3Sn. The van der Waals surface area contributed by atoms with E-state index < -0.39 is 20.2 Å². The molecule has 0 fully saturated rings. The maximum absolute atomic E-state index is 11.2. The second-order valence-corrected chi connectivity index (χ2v) is 7.04. The van der Waals surface area contributed by atoms with Crippen molar-refractivity contribution in [3.05, 3.63) is 0 Å². The molecule has 0 aliphatic carbocycles. The molecule has 72 valence electrons. The summed E-state index contributed by atoms with van der Waals surface area (Å²) in [4.78, 5) is 0. The Labute approximate surface area is 82.1 Å². The number of methoxy groups -OCH3 is 1. The number of ether oxygens (including phenoxy) is 1. The van der Waals surface area contributed by atoms with Gasteiger partial charge in [-0.3, -0.25) is 0 Å². The van der Waals surface area contributed by atoms with Crippen LogP contribution in [0, 0.1) is 0 Å². The van der Waals surface area contributed by atoms with E-state index in [1.807, 2.05) is 0 Å².